The van der Waals surface area contributed by atoms with Crippen LogP contribution >= 0.6 is 0 Å². The molecule has 3 N–H and O–H groups in total. The Hall–Kier alpha value is -3.07. The molecule has 0 aliphatic carbocycles. The Morgan fingerprint density at radius 2 is 1.75 bits per heavy atom. The van der Waals surface area contributed by atoms with E-state index in [4.69, 9.17) is 10.5 Å². The highest BCUT2D eigenvalue weighted by Crippen LogP contribution is 2.26. The van der Waals surface area contributed by atoms with Gasteiger partial charge in [0.05, 0.1) is 30.3 Å². The lowest BCUT2D eigenvalue weighted by atomic mass is 10.1. The van der Waals surface area contributed by atoms with Gasteiger partial charge in [-0.15, -0.1) is 0 Å². The molecule has 0 radical (unpaired) electrons. The molecular formula is C19H23N3O5S. The van der Waals surface area contributed by atoms with Crippen molar-refractivity contribution in [1.29, 1.82) is 0 Å². The highest BCUT2D eigenvalue weighted by atomic mass is 32.2. The molecule has 0 aliphatic rings. The molecule has 0 saturated carbocycles. The number of carbonyl (C=O) groups is 2. The van der Waals surface area contributed by atoms with Gasteiger partial charge in [0.25, 0.3) is 5.91 Å². The van der Waals surface area contributed by atoms with E-state index in [1.165, 1.54) is 19.2 Å². The molecule has 0 spiro atoms. The number of nitrogens with one attached hydrogen (secondary N) is 1. The van der Waals surface area contributed by atoms with E-state index in [9.17, 15) is 18.0 Å². The minimum Gasteiger partial charge on any atom is -0.497 e. The molecule has 9 heteroatoms. The molecule has 0 heterocycles. The van der Waals surface area contributed by atoms with Crippen LogP contribution in [0.1, 0.15) is 23.7 Å². The van der Waals surface area contributed by atoms with Crippen molar-refractivity contribution < 1.29 is 22.7 Å². The van der Waals surface area contributed by atoms with Crippen LogP contribution in [0.4, 0.5) is 11.4 Å². The molecule has 0 saturated heterocycles. The van der Waals surface area contributed by atoms with Gasteiger partial charge >= 0.3 is 0 Å². The number of rotatable bonds is 8. The van der Waals surface area contributed by atoms with Crippen molar-refractivity contribution in [2.45, 2.75) is 19.4 Å². The van der Waals surface area contributed by atoms with Gasteiger partial charge in [-0.25, -0.2) is 8.42 Å². The molecular weight excluding hydrogens is 382 g/mol. The maximum absolute atomic E-state index is 12.9. The number of benzene rings is 2. The van der Waals surface area contributed by atoms with Crippen LogP contribution < -0.4 is 20.1 Å². The summed E-state index contributed by atoms with van der Waals surface area (Å²) >= 11 is 0. The number of carbonyl (C=O) groups excluding carboxylic acids is 2. The minimum absolute atomic E-state index is 0.140. The Morgan fingerprint density at radius 3 is 2.25 bits per heavy atom. The fourth-order valence-corrected chi connectivity index (χ4v) is 4.02. The quantitative estimate of drug-likeness (QED) is 0.696. The molecule has 0 aromatic heterocycles. The number of nitrogens with zero attached hydrogens (tertiary/aromatic N) is 1. The van der Waals surface area contributed by atoms with Gasteiger partial charge in [-0.2, -0.15) is 0 Å². The van der Waals surface area contributed by atoms with E-state index < -0.39 is 27.9 Å². The molecule has 1 atom stereocenters. The van der Waals surface area contributed by atoms with Crippen LogP contribution in [-0.2, 0) is 14.8 Å². The van der Waals surface area contributed by atoms with Crippen molar-refractivity contribution >= 4 is 33.2 Å². The van der Waals surface area contributed by atoms with Gasteiger partial charge < -0.3 is 15.8 Å². The standard InChI is InChI=1S/C19H23N3O5S/c1-4-17(19(24)21-16-8-6-5-7-15(16)18(20)23)22(28(3,25)26)13-9-11-14(27-2)12-10-13/h5-12,17H,4H2,1-3H3,(H2,20,23)(H,21,24)/t17-/m1/s1. The normalized spacial score (nSPS) is 12.1. The zero-order chi connectivity index (χ0) is 20.9. The zero-order valence-corrected chi connectivity index (χ0v) is 16.7. The first-order valence-corrected chi connectivity index (χ1v) is 10.4. The molecule has 2 amide bonds. The number of hydrogen-bond donors (Lipinski definition) is 2. The average Bonchev–Trinajstić information content (AvgIpc) is 2.65. The highest BCUT2D eigenvalue weighted by Gasteiger charge is 2.32. The van der Waals surface area contributed by atoms with Crippen molar-refractivity contribution in [3.63, 3.8) is 0 Å². The topological polar surface area (TPSA) is 119 Å². The molecule has 150 valence electrons. The number of anilines is 2. The Balaban J connectivity index is 2.41. The number of sulfonamides is 1. The van der Waals surface area contributed by atoms with Crippen LogP contribution in [0.2, 0.25) is 0 Å². The third-order valence-electron chi connectivity index (χ3n) is 4.11. The van der Waals surface area contributed by atoms with E-state index in [0.717, 1.165) is 10.6 Å². The lowest BCUT2D eigenvalue weighted by Crippen LogP contribution is -2.47. The van der Waals surface area contributed by atoms with Crippen molar-refractivity contribution in [3.8, 4) is 5.75 Å². The third-order valence-corrected chi connectivity index (χ3v) is 5.29. The van der Waals surface area contributed by atoms with E-state index in [1.807, 2.05) is 0 Å². The third kappa shape index (κ3) is 4.80. The van der Waals surface area contributed by atoms with Crippen LogP contribution in [0.25, 0.3) is 0 Å². The van der Waals surface area contributed by atoms with Gasteiger partial charge in [-0.05, 0) is 42.8 Å². The molecule has 2 aromatic carbocycles. The molecule has 0 bridgehead atoms. The summed E-state index contributed by atoms with van der Waals surface area (Å²) < 4.78 is 31.1. The minimum atomic E-state index is -3.77. The van der Waals surface area contributed by atoms with Crippen LogP contribution in [0.3, 0.4) is 0 Å². The maximum atomic E-state index is 12.9. The number of methoxy groups -OCH3 is 1. The SMILES string of the molecule is CC[C@H](C(=O)Nc1ccccc1C(N)=O)N(c1ccc(OC)cc1)S(C)(=O)=O. The van der Waals surface area contributed by atoms with Crippen molar-refractivity contribution in [3.05, 3.63) is 54.1 Å². The van der Waals surface area contributed by atoms with Crippen molar-refractivity contribution in [2.24, 2.45) is 5.73 Å². The lowest BCUT2D eigenvalue weighted by Gasteiger charge is -2.30. The Kier molecular flexibility index (Phi) is 6.63. The van der Waals surface area contributed by atoms with Gasteiger partial charge in [0, 0.05) is 0 Å². The van der Waals surface area contributed by atoms with Crippen molar-refractivity contribution in [1.82, 2.24) is 0 Å². The summed E-state index contributed by atoms with van der Waals surface area (Å²) in [6, 6.07) is 11.6. The summed E-state index contributed by atoms with van der Waals surface area (Å²) in [6.45, 7) is 1.70. The average molecular weight is 405 g/mol. The highest BCUT2D eigenvalue weighted by molar-refractivity contribution is 7.92. The summed E-state index contributed by atoms with van der Waals surface area (Å²) in [7, 11) is -2.27. The molecule has 8 nitrogen and oxygen atoms in total. The monoisotopic (exact) mass is 405 g/mol. The smallest absolute Gasteiger partial charge is 0.250 e. The number of hydrogen-bond acceptors (Lipinski definition) is 5. The number of amides is 2. The molecule has 28 heavy (non-hydrogen) atoms. The van der Waals surface area contributed by atoms with Gasteiger partial charge in [0.15, 0.2) is 0 Å². The fourth-order valence-electron chi connectivity index (χ4n) is 2.81. The van der Waals surface area contributed by atoms with Crippen LogP contribution in [0.15, 0.2) is 48.5 Å². The second kappa shape index (κ2) is 8.75. The van der Waals surface area contributed by atoms with E-state index in [1.54, 1.807) is 43.3 Å². The lowest BCUT2D eigenvalue weighted by molar-refractivity contribution is -0.117. The van der Waals surface area contributed by atoms with E-state index in [-0.39, 0.29) is 17.7 Å². The predicted octanol–water partition coefficient (Wildman–Crippen LogP) is 1.98. The van der Waals surface area contributed by atoms with E-state index in [2.05, 4.69) is 5.32 Å². The van der Waals surface area contributed by atoms with Crippen LogP contribution in [-0.4, -0.2) is 39.6 Å². The largest absolute Gasteiger partial charge is 0.497 e. The molecule has 0 fully saturated rings. The van der Waals surface area contributed by atoms with Gasteiger partial charge in [0.2, 0.25) is 15.9 Å². The number of ether oxygens (including phenoxy) is 1. The molecule has 2 rings (SSSR count). The first kappa shape index (κ1) is 21.2. The molecule has 0 aliphatic heterocycles. The summed E-state index contributed by atoms with van der Waals surface area (Å²) in [5.41, 5.74) is 6.03. The van der Waals surface area contributed by atoms with Crippen LogP contribution in [0, 0.1) is 0 Å². The predicted molar refractivity (Wildman–Crippen MR) is 108 cm³/mol. The van der Waals surface area contributed by atoms with E-state index in [0.29, 0.717) is 11.4 Å². The Morgan fingerprint density at radius 1 is 1.14 bits per heavy atom. The van der Waals surface area contributed by atoms with Gasteiger partial charge in [-0.1, -0.05) is 19.1 Å². The zero-order valence-electron chi connectivity index (χ0n) is 15.9. The number of para-hydroxylation sites is 1. The first-order valence-electron chi connectivity index (χ1n) is 8.52. The Labute approximate surface area is 164 Å². The maximum Gasteiger partial charge on any atom is 0.250 e. The van der Waals surface area contributed by atoms with Crippen LogP contribution in [0.5, 0.6) is 5.75 Å². The van der Waals surface area contributed by atoms with E-state index >= 15 is 0 Å². The molecule has 2 aromatic rings. The second-order valence-corrected chi connectivity index (χ2v) is 7.94. The van der Waals surface area contributed by atoms with Gasteiger partial charge in [0.1, 0.15) is 11.8 Å². The summed E-state index contributed by atoms with van der Waals surface area (Å²) in [5, 5.41) is 2.62. The second-order valence-electron chi connectivity index (χ2n) is 6.08. The summed E-state index contributed by atoms with van der Waals surface area (Å²) in [5.74, 6) is -0.707. The first-order chi connectivity index (χ1) is 13.2. The van der Waals surface area contributed by atoms with Gasteiger partial charge in [-0.3, -0.25) is 13.9 Å². The summed E-state index contributed by atoms with van der Waals surface area (Å²) in [6.07, 6.45) is 1.24. The fraction of sp³-hybridized carbons (Fsp3) is 0.263. The molecule has 0 unspecified atom stereocenters. The number of nitrogens with two attached hydrogens (primary N) is 1. The van der Waals surface area contributed by atoms with Crippen molar-refractivity contribution in [2.75, 3.05) is 23.0 Å². The Bertz CT molecular complexity index is 958. The summed E-state index contributed by atoms with van der Waals surface area (Å²) in [4.78, 5) is 24.5. The number of primary amides is 1.